The Balaban J connectivity index is 1.33. The van der Waals surface area contributed by atoms with E-state index in [9.17, 15) is 26.0 Å². The number of amides is 1. The fourth-order valence-electron chi connectivity index (χ4n) is 6.72. The van der Waals surface area contributed by atoms with Crippen LogP contribution in [0.2, 0.25) is 10.0 Å². The van der Waals surface area contributed by atoms with Gasteiger partial charge in [-0.2, -0.15) is 0 Å². The summed E-state index contributed by atoms with van der Waals surface area (Å²) in [5.41, 5.74) is 2.12. The molecule has 0 unspecified atom stereocenters. The molecule has 3 aromatic carbocycles. The Morgan fingerprint density at radius 3 is 2.45 bits per heavy atom. The summed E-state index contributed by atoms with van der Waals surface area (Å²) in [6.07, 6.45) is 1.08. The number of fused-ring (bicyclic) bond motifs is 3. The van der Waals surface area contributed by atoms with Crippen LogP contribution in [0.1, 0.15) is 29.5 Å². The summed E-state index contributed by atoms with van der Waals surface area (Å²) in [6.45, 7) is 0.931. The van der Waals surface area contributed by atoms with E-state index in [1.807, 2.05) is 11.0 Å². The van der Waals surface area contributed by atoms with Crippen LogP contribution in [0.5, 0.6) is 5.75 Å². The molecule has 2 fully saturated rings. The maximum Gasteiger partial charge on any atom is 0.237 e. The Kier molecular flexibility index (Phi) is 8.47. The Morgan fingerprint density at radius 2 is 1.73 bits per heavy atom. The van der Waals surface area contributed by atoms with Crippen LogP contribution in [0.15, 0.2) is 65.6 Å². The molecule has 13 heteroatoms. The van der Waals surface area contributed by atoms with Gasteiger partial charge in [-0.1, -0.05) is 29.3 Å². The van der Waals surface area contributed by atoms with E-state index in [0.29, 0.717) is 39.8 Å². The van der Waals surface area contributed by atoms with Crippen LogP contribution in [-0.4, -0.2) is 76.3 Å². The molecule has 0 aromatic heterocycles. The number of rotatable bonds is 7. The molecule has 0 bridgehead atoms. The quantitative estimate of drug-likeness (QED) is 0.335. The molecule has 2 saturated heterocycles. The van der Waals surface area contributed by atoms with Crippen LogP contribution in [0.3, 0.4) is 0 Å². The molecule has 0 spiro atoms. The Hall–Kier alpha value is -2.70. The maximum atomic E-state index is 14.6. The van der Waals surface area contributed by atoms with E-state index in [0.717, 1.165) is 17.7 Å². The predicted octanol–water partition coefficient (Wildman–Crippen LogP) is 4.66. The van der Waals surface area contributed by atoms with Gasteiger partial charge in [-0.05, 0) is 85.0 Å². The third kappa shape index (κ3) is 5.73. The zero-order valence-corrected chi connectivity index (χ0v) is 26.9. The van der Waals surface area contributed by atoms with Crippen molar-refractivity contribution in [2.24, 2.45) is 0 Å². The zero-order chi connectivity index (χ0) is 31.3. The summed E-state index contributed by atoms with van der Waals surface area (Å²) in [6, 6.07) is 14.6. The summed E-state index contributed by atoms with van der Waals surface area (Å²) in [5.74, 6) is -0.247. The molecule has 3 aliphatic rings. The van der Waals surface area contributed by atoms with Crippen molar-refractivity contribution >= 4 is 48.8 Å². The van der Waals surface area contributed by atoms with Gasteiger partial charge in [-0.25, -0.2) is 21.2 Å². The van der Waals surface area contributed by atoms with Gasteiger partial charge in [-0.3, -0.25) is 9.69 Å². The van der Waals surface area contributed by atoms with Gasteiger partial charge in [0.25, 0.3) is 0 Å². The van der Waals surface area contributed by atoms with Crippen LogP contribution >= 0.6 is 23.2 Å². The number of hydrogen-bond acceptors (Lipinski definition) is 7. The van der Waals surface area contributed by atoms with Gasteiger partial charge >= 0.3 is 0 Å². The lowest BCUT2D eigenvalue weighted by molar-refractivity contribution is -0.133. The minimum absolute atomic E-state index is 0.00606. The summed E-state index contributed by atoms with van der Waals surface area (Å²) in [7, 11) is -7.22. The van der Waals surface area contributed by atoms with E-state index >= 15 is 0 Å². The number of carbonyl (C=O) groups excluding carboxylic acids is 1. The SMILES string of the molecule is O=C(CN1CCS(=O)(=O)CC1)N1CC[C@@]2(S(=O)(=O)c3ccc(F)cc3)c3ccc(OCc4cc(Cl)ccc4Cl)cc3CC[C@@H]12. The van der Waals surface area contributed by atoms with Gasteiger partial charge in [0.2, 0.25) is 5.91 Å². The van der Waals surface area contributed by atoms with E-state index in [2.05, 4.69) is 0 Å². The van der Waals surface area contributed by atoms with Crippen LogP contribution in [0.4, 0.5) is 4.39 Å². The van der Waals surface area contributed by atoms with Crippen molar-refractivity contribution < 1.29 is 30.8 Å². The summed E-state index contributed by atoms with van der Waals surface area (Å²) >= 11 is 12.4. The molecule has 6 rings (SSSR count). The van der Waals surface area contributed by atoms with Gasteiger partial charge in [-0.15, -0.1) is 0 Å². The second kappa shape index (κ2) is 11.9. The second-order valence-electron chi connectivity index (χ2n) is 11.5. The Bertz CT molecular complexity index is 1810. The first kappa shape index (κ1) is 31.3. The van der Waals surface area contributed by atoms with Crippen LogP contribution < -0.4 is 4.74 Å². The van der Waals surface area contributed by atoms with Crippen molar-refractivity contribution in [3.8, 4) is 5.75 Å². The lowest BCUT2D eigenvalue weighted by Gasteiger charge is -2.43. The van der Waals surface area contributed by atoms with Crippen LogP contribution in [0.25, 0.3) is 0 Å². The molecule has 3 aromatic rings. The van der Waals surface area contributed by atoms with E-state index in [1.165, 1.54) is 12.1 Å². The topological polar surface area (TPSA) is 101 Å². The number of aryl methyl sites for hydroxylation is 1. The molecule has 0 N–H and O–H groups in total. The normalized spacial score (nSPS) is 23.2. The number of hydrogen-bond donors (Lipinski definition) is 0. The Morgan fingerprint density at radius 1 is 1.00 bits per heavy atom. The van der Waals surface area contributed by atoms with Crippen molar-refractivity contribution in [2.75, 3.05) is 37.7 Å². The Labute approximate surface area is 266 Å². The first-order valence-corrected chi connectivity index (χ1v) is 18.4. The third-order valence-electron chi connectivity index (χ3n) is 8.98. The molecule has 0 saturated carbocycles. The van der Waals surface area contributed by atoms with Crippen molar-refractivity contribution in [1.82, 2.24) is 9.80 Å². The second-order valence-corrected chi connectivity index (χ2v) is 16.9. The molecule has 0 radical (unpaired) electrons. The highest BCUT2D eigenvalue weighted by molar-refractivity contribution is 7.92. The first-order chi connectivity index (χ1) is 20.9. The number of ether oxygens (including phenoxy) is 1. The number of sulfone groups is 2. The number of likely N-dealkylation sites (tertiary alicyclic amines) is 1. The number of halogens is 3. The van der Waals surface area contributed by atoms with Crippen molar-refractivity contribution in [3.63, 3.8) is 0 Å². The van der Waals surface area contributed by atoms with E-state index in [4.69, 9.17) is 27.9 Å². The van der Waals surface area contributed by atoms with E-state index in [1.54, 1.807) is 35.2 Å². The lowest BCUT2D eigenvalue weighted by Crippen LogP contribution is -2.54. The molecule has 234 valence electrons. The number of benzene rings is 3. The molecule has 8 nitrogen and oxygen atoms in total. The average Bonchev–Trinajstić information content (AvgIpc) is 3.41. The highest BCUT2D eigenvalue weighted by Gasteiger charge is 2.60. The highest BCUT2D eigenvalue weighted by Crippen LogP contribution is 2.53. The summed E-state index contributed by atoms with van der Waals surface area (Å²) in [5, 5.41) is 1.05. The molecule has 1 amide bonds. The minimum atomic E-state index is -4.11. The van der Waals surface area contributed by atoms with E-state index < -0.39 is 36.3 Å². The highest BCUT2D eigenvalue weighted by atomic mass is 35.5. The smallest absolute Gasteiger partial charge is 0.237 e. The van der Waals surface area contributed by atoms with Crippen LogP contribution in [-0.2, 0) is 42.2 Å². The fraction of sp³-hybridized carbons (Fsp3) is 0.387. The molecular formula is C31H31Cl2FN2O6S2. The van der Waals surface area contributed by atoms with Gasteiger partial charge in [0.15, 0.2) is 19.7 Å². The summed E-state index contributed by atoms with van der Waals surface area (Å²) in [4.78, 5) is 17.1. The van der Waals surface area contributed by atoms with Crippen molar-refractivity contribution in [2.45, 2.75) is 41.6 Å². The molecule has 2 atom stereocenters. The van der Waals surface area contributed by atoms with Gasteiger partial charge < -0.3 is 9.64 Å². The third-order valence-corrected chi connectivity index (χ3v) is 13.7. The average molecular weight is 682 g/mol. The first-order valence-electron chi connectivity index (χ1n) is 14.3. The predicted molar refractivity (Wildman–Crippen MR) is 166 cm³/mol. The standard InChI is InChI=1S/C31H31Cl2FN2O6S2/c32-23-2-9-28(33)22(17-23)20-42-25-5-8-27-21(18-25)1-10-29-31(27,44(40,41)26-6-3-24(34)4-7-26)11-12-36(29)30(37)19-35-13-15-43(38,39)16-14-35/h2-9,17-18,29H,1,10-16,19-20H2/t29-,31-/m1/s1. The molecule has 44 heavy (non-hydrogen) atoms. The minimum Gasteiger partial charge on any atom is -0.489 e. The maximum absolute atomic E-state index is 14.6. The number of carbonyl (C=O) groups is 1. The summed E-state index contributed by atoms with van der Waals surface area (Å²) < 4.78 is 71.3. The van der Waals surface area contributed by atoms with Crippen LogP contribution in [0, 0.1) is 5.82 Å². The molecule has 1 aliphatic carbocycles. The van der Waals surface area contributed by atoms with Crippen molar-refractivity contribution in [3.05, 3.63) is 93.2 Å². The number of nitrogens with zero attached hydrogens (tertiary/aromatic N) is 2. The van der Waals surface area contributed by atoms with Gasteiger partial charge in [0, 0.05) is 35.2 Å². The molecule has 2 aliphatic heterocycles. The fourth-order valence-corrected chi connectivity index (χ4v) is 10.7. The van der Waals surface area contributed by atoms with E-state index in [-0.39, 0.29) is 61.5 Å². The molecular weight excluding hydrogens is 650 g/mol. The lowest BCUT2D eigenvalue weighted by atomic mass is 9.78. The van der Waals surface area contributed by atoms with Crippen molar-refractivity contribution in [1.29, 1.82) is 0 Å². The van der Waals surface area contributed by atoms with Gasteiger partial charge in [0.05, 0.1) is 29.0 Å². The largest absolute Gasteiger partial charge is 0.489 e. The zero-order valence-electron chi connectivity index (χ0n) is 23.7. The monoisotopic (exact) mass is 680 g/mol. The van der Waals surface area contributed by atoms with Gasteiger partial charge in [0.1, 0.15) is 22.9 Å². The molecule has 2 heterocycles.